The molecule has 3 rings (SSSR count). The zero-order valence-electron chi connectivity index (χ0n) is 12.8. The number of aryl methyl sites for hydroxylation is 1. The van der Waals surface area contributed by atoms with Crippen molar-refractivity contribution < 1.29 is 13.2 Å². The van der Waals surface area contributed by atoms with Gasteiger partial charge in [-0.05, 0) is 36.2 Å². The van der Waals surface area contributed by atoms with Gasteiger partial charge in [-0.1, -0.05) is 12.1 Å². The van der Waals surface area contributed by atoms with Gasteiger partial charge in [0.25, 0.3) is 0 Å². The van der Waals surface area contributed by atoms with Crippen LogP contribution in [0.15, 0.2) is 55.1 Å². The highest BCUT2D eigenvalue weighted by atomic mass is 35.5. The minimum absolute atomic E-state index is 0. The highest BCUT2D eigenvalue weighted by Gasteiger charge is 2.29. The molecule has 0 radical (unpaired) electrons. The molecule has 126 valence electrons. The van der Waals surface area contributed by atoms with Crippen LogP contribution in [-0.4, -0.2) is 14.5 Å². The lowest BCUT2D eigenvalue weighted by molar-refractivity contribution is -0.137. The first kappa shape index (κ1) is 18.0. The van der Waals surface area contributed by atoms with Gasteiger partial charge in [-0.25, -0.2) is 4.98 Å². The van der Waals surface area contributed by atoms with Crippen LogP contribution in [0.3, 0.4) is 0 Å². The van der Waals surface area contributed by atoms with E-state index in [-0.39, 0.29) is 12.4 Å². The fraction of sp³-hybridized carbons (Fsp3) is 0.176. The van der Waals surface area contributed by atoms with Crippen LogP contribution in [0, 0.1) is 6.92 Å². The topological polar surface area (TPSA) is 30.7 Å². The van der Waals surface area contributed by atoms with Crippen LogP contribution in [0.1, 0.15) is 17.0 Å². The van der Waals surface area contributed by atoms with Gasteiger partial charge in [-0.2, -0.15) is 13.2 Å². The fourth-order valence-electron chi connectivity index (χ4n) is 2.35. The molecule has 0 N–H and O–H groups in total. The van der Waals surface area contributed by atoms with E-state index in [9.17, 15) is 13.2 Å². The van der Waals surface area contributed by atoms with Gasteiger partial charge >= 0.3 is 6.18 Å². The van der Waals surface area contributed by atoms with E-state index in [4.69, 9.17) is 0 Å². The number of alkyl halides is 3. The van der Waals surface area contributed by atoms with E-state index in [0.717, 1.165) is 29.1 Å². The third kappa shape index (κ3) is 3.94. The first-order chi connectivity index (χ1) is 10.9. The highest BCUT2D eigenvalue weighted by molar-refractivity contribution is 5.85. The molecule has 0 saturated carbocycles. The summed E-state index contributed by atoms with van der Waals surface area (Å²) < 4.78 is 39.8. The normalized spacial score (nSPS) is 11.2. The summed E-state index contributed by atoms with van der Waals surface area (Å²) in [4.78, 5) is 8.35. The Kier molecular flexibility index (Phi) is 5.29. The molecule has 0 aliphatic carbocycles. The predicted molar refractivity (Wildman–Crippen MR) is 88.0 cm³/mol. The lowest BCUT2D eigenvalue weighted by Crippen LogP contribution is -2.04. The number of benzene rings is 1. The predicted octanol–water partition coefficient (Wildman–Crippen LogP) is 4.74. The van der Waals surface area contributed by atoms with Crippen LogP contribution < -0.4 is 0 Å². The van der Waals surface area contributed by atoms with Gasteiger partial charge in [0.05, 0.1) is 12.1 Å². The van der Waals surface area contributed by atoms with Crippen molar-refractivity contribution in [1.82, 2.24) is 14.5 Å². The second-order valence-electron chi connectivity index (χ2n) is 5.26. The Balaban J connectivity index is 0.00000208. The number of hydrogen-bond donors (Lipinski definition) is 0. The summed E-state index contributed by atoms with van der Waals surface area (Å²) in [6.07, 6.45) is 2.67. The van der Waals surface area contributed by atoms with Crippen molar-refractivity contribution in [1.29, 1.82) is 0 Å². The zero-order valence-corrected chi connectivity index (χ0v) is 13.6. The van der Waals surface area contributed by atoms with E-state index in [0.29, 0.717) is 12.1 Å². The third-order valence-electron chi connectivity index (χ3n) is 3.62. The molecule has 0 amide bonds. The van der Waals surface area contributed by atoms with E-state index in [2.05, 4.69) is 9.97 Å². The number of imidazole rings is 1. The summed E-state index contributed by atoms with van der Waals surface area (Å²) in [5.41, 5.74) is 1.80. The molecule has 2 aromatic heterocycles. The lowest BCUT2D eigenvalue weighted by atomic mass is 10.0. The first-order valence-electron chi connectivity index (χ1n) is 7.03. The van der Waals surface area contributed by atoms with Crippen LogP contribution in [0.2, 0.25) is 0 Å². The Hall–Kier alpha value is -2.34. The van der Waals surface area contributed by atoms with Gasteiger partial charge in [0.15, 0.2) is 0 Å². The van der Waals surface area contributed by atoms with Crippen molar-refractivity contribution in [2.45, 2.75) is 19.6 Å². The molecule has 24 heavy (non-hydrogen) atoms. The maximum absolute atomic E-state index is 12.6. The molecule has 0 unspecified atom stereocenters. The Morgan fingerprint density at radius 3 is 2.33 bits per heavy atom. The monoisotopic (exact) mass is 353 g/mol. The first-order valence-corrected chi connectivity index (χ1v) is 7.03. The molecule has 0 fully saturated rings. The molecular formula is C17H15ClF3N3. The van der Waals surface area contributed by atoms with Crippen molar-refractivity contribution in [3.8, 4) is 11.1 Å². The van der Waals surface area contributed by atoms with Gasteiger partial charge in [-0.3, -0.25) is 4.98 Å². The van der Waals surface area contributed by atoms with Crippen LogP contribution in [-0.2, 0) is 12.7 Å². The van der Waals surface area contributed by atoms with Gasteiger partial charge in [0.2, 0.25) is 0 Å². The SMILES string of the molecule is Cc1nccn1Cc1cncc(-c2ccc(C(F)(F)F)cc2)c1.Cl. The average Bonchev–Trinajstić information content (AvgIpc) is 2.92. The second-order valence-corrected chi connectivity index (χ2v) is 5.26. The van der Waals surface area contributed by atoms with Crippen LogP contribution in [0.25, 0.3) is 11.1 Å². The van der Waals surface area contributed by atoms with Crippen molar-refractivity contribution in [2.24, 2.45) is 0 Å². The van der Waals surface area contributed by atoms with Gasteiger partial charge in [0.1, 0.15) is 5.82 Å². The second kappa shape index (κ2) is 7.05. The summed E-state index contributed by atoms with van der Waals surface area (Å²) in [7, 11) is 0. The molecule has 0 aliphatic heterocycles. The number of nitrogens with zero attached hydrogens (tertiary/aromatic N) is 3. The Morgan fingerprint density at radius 2 is 1.75 bits per heavy atom. The van der Waals surface area contributed by atoms with E-state index >= 15 is 0 Å². The molecule has 0 bridgehead atoms. The molecule has 7 heteroatoms. The van der Waals surface area contributed by atoms with Crippen LogP contribution >= 0.6 is 12.4 Å². The van der Waals surface area contributed by atoms with Crippen molar-refractivity contribution >= 4 is 12.4 Å². The molecule has 0 aliphatic rings. The number of rotatable bonds is 3. The Labute approximate surface area is 143 Å². The molecule has 0 saturated heterocycles. The van der Waals surface area contributed by atoms with Crippen molar-refractivity contribution in [3.05, 3.63) is 72.1 Å². The third-order valence-corrected chi connectivity index (χ3v) is 3.62. The summed E-state index contributed by atoms with van der Waals surface area (Å²) >= 11 is 0. The molecule has 3 nitrogen and oxygen atoms in total. The van der Waals surface area contributed by atoms with E-state index < -0.39 is 11.7 Å². The number of hydrogen-bond acceptors (Lipinski definition) is 2. The Morgan fingerprint density at radius 1 is 1.04 bits per heavy atom. The maximum Gasteiger partial charge on any atom is 0.416 e. The van der Waals surface area contributed by atoms with Crippen LogP contribution in [0.5, 0.6) is 0 Å². The van der Waals surface area contributed by atoms with E-state index in [1.165, 1.54) is 12.1 Å². The number of pyridine rings is 1. The average molecular weight is 354 g/mol. The smallest absolute Gasteiger partial charge is 0.331 e. The van der Waals surface area contributed by atoms with E-state index in [1.807, 2.05) is 23.8 Å². The lowest BCUT2D eigenvalue weighted by Gasteiger charge is -2.09. The molecule has 2 heterocycles. The minimum atomic E-state index is -4.32. The molecule has 0 spiro atoms. The van der Waals surface area contributed by atoms with Crippen molar-refractivity contribution in [2.75, 3.05) is 0 Å². The quantitative estimate of drug-likeness (QED) is 0.680. The molecule has 1 aromatic carbocycles. The fourth-order valence-corrected chi connectivity index (χ4v) is 2.35. The molecular weight excluding hydrogens is 339 g/mol. The van der Waals surface area contributed by atoms with Gasteiger partial charge in [0, 0.05) is 30.4 Å². The Bertz CT molecular complexity index is 810. The standard InChI is InChI=1S/C17H14F3N3.ClH/c1-12-22-6-7-23(12)11-13-8-15(10-21-9-13)14-2-4-16(5-3-14)17(18,19)20;/h2-10H,11H2,1H3;1H. The summed E-state index contributed by atoms with van der Waals surface area (Å²) in [6, 6.07) is 7.03. The maximum atomic E-state index is 12.6. The molecule has 0 atom stereocenters. The van der Waals surface area contributed by atoms with Gasteiger partial charge in [-0.15, -0.1) is 12.4 Å². The number of aromatic nitrogens is 3. The summed E-state index contributed by atoms with van der Waals surface area (Å²) in [6.45, 7) is 2.53. The summed E-state index contributed by atoms with van der Waals surface area (Å²) in [5, 5.41) is 0. The summed E-state index contributed by atoms with van der Waals surface area (Å²) in [5.74, 6) is 0.893. The molecule has 3 aromatic rings. The van der Waals surface area contributed by atoms with Crippen molar-refractivity contribution in [3.63, 3.8) is 0 Å². The number of halogens is 4. The zero-order chi connectivity index (χ0) is 16.4. The largest absolute Gasteiger partial charge is 0.416 e. The minimum Gasteiger partial charge on any atom is -0.331 e. The van der Waals surface area contributed by atoms with Gasteiger partial charge < -0.3 is 4.57 Å². The van der Waals surface area contributed by atoms with Crippen LogP contribution in [0.4, 0.5) is 13.2 Å². The highest BCUT2D eigenvalue weighted by Crippen LogP contribution is 2.31. The van der Waals surface area contributed by atoms with E-state index in [1.54, 1.807) is 18.6 Å².